The second-order valence-electron chi connectivity index (χ2n) is 6.76. The van der Waals surface area contributed by atoms with Crippen molar-refractivity contribution in [2.24, 2.45) is 4.99 Å². The Morgan fingerprint density at radius 3 is 2.50 bits per heavy atom. The van der Waals surface area contributed by atoms with E-state index in [9.17, 15) is 13.2 Å². The maximum absolute atomic E-state index is 12.6. The summed E-state index contributed by atoms with van der Waals surface area (Å²) in [5, 5.41) is 2.67. The average molecular weight is 432 g/mol. The number of aliphatic imine (C=N–C) groups is 1. The lowest BCUT2D eigenvalue weighted by Crippen LogP contribution is -2.30. The minimum Gasteiger partial charge on any atom is -0.493 e. The Kier molecular flexibility index (Phi) is 7.29. The predicted molar refractivity (Wildman–Crippen MR) is 115 cm³/mol. The molecule has 160 valence electrons. The van der Waals surface area contributed by atoms with Crippen LogP contribution in [-0.2, 0) is 14.8 Å². The van der Waals surface area contributed by atoms with Crippen LogP contribution < -0.4 is 19.5 Å². The number of amides is 1. The van der Waals surface area contributed by atoms with E-state index >= 15 is 0 Å². The van der Waals surface area contributed by atoms with Crippen LogP contribution in [0.5, 0.6) is 11.5 Å². The van der Waals surface area contributed by atoms with Crippen LogP contribution in [0.3, 0.4) is 0 Å². The molecule has 0 fully saturated rings. The Balaban J connectivity index is 1.57. The Bertz CT molecular complexity index is 1000. The van der Waals surface area contributed by atoms with Gasteiger partial charge >= 0.3 is 0 Å². The van der Waals surface area contributed by atoms with E-state index in [0.29, 0.717) is 36.0 Å². The number of nitrogens with zero attached hydrogens (tertiary/aromatic N) is 1. The van der Waals surface area contributed by atoms with Gasteiger partial charge in [-0.1, -0.05) is 18.6 Å². The van der Waals surface area contributed by atoms with E-state index in [4.69, 9.17) is 9.47 Å². The molecule has 1 aliphatic heterocycles. The summed E-state index contributed by atoms with van der Waals surface area (Å²) in [6.07, 6.45) is 3.56. The molecule has 2 aromatic carbocycles. The Labute approximate surface area is 176 Å². The number of benzene rings is 2. The van der Waals surface area contributed by atoms with Gasteiger partial charge in [0.25, 0.3) is 15.9 Å². The minimum absolute atomic E-state index is 0.109. The van der Waals surface area contributed by atoms with E-state index in [-0.39, 0.29) is 17.4 Å². The number of carbonyl (C=O) groups excluding carboxylic acids is 1. The molecule has 1 aliphatic rings. The minimum atomic E-state index is -3.71. The van der Waals surface area contributed by atoms with Crippen molar-refractivity contribution < 1.29 is 22.7 Å². The number of rotatable bonds is 7. The lowest BCUT2D eigenvalue weighted by atomic mass is 10.2. The van der Waals surface area contributed by atoms with Gasteiger partial charge < -0.3 is 14.8 Å². The fraction of sp³-hybridized carbons (Fsp3) is 0.333. The van der Waals surface area contributed by atoms with Crippen LogP contribution >= 0.6 is 0 Å². The van der Waals surface area contributed by atoms with Gasteiger partial charge in [-0.25, -0.2) is 8.42 Å². The third-order valence-corrected chi connectivity index (χ3v) is 5.90. The zero-order valence-electron chi connectivity index (χ0n) is 16.8. The molecule has 0 aliphatic carbocycles. The van der Waals surface area contributed by atoms with Gasteiger partial charge in [0.1, 0.15) is 5.84 Å². The summed E-state index contributed by atoms with van der Waals surface area (Å²) < 4.78 is 38.3. The number of carbonyl (C=O) groups is 1. The number of hydrogen-bond acceptors (Lipinski definition) is 6. The van der Waals surface area contributed by atoms with Crippen LogP contribution in [0.25, 0.3) is 0 Å². The quantitative estimate of drug-likeness (QED) is 0.701. The van der Waals surface area contributed by atoms with E-state index in [1.807, 2.05) is 0 Å². The van der Waals surface area contributed by atoms with Crippen LogP contribution in [0.2, 0.25) is 0 Å². The number of para-hydroxylation sites is 2. The smallest absolute Gasteiger partial charge is 0.262 e. The molecule has 1 heterocycles. The second kappa shape index (κ2) is 10.1. The van der Waals surface area contributed by atoms with Gasteiger partial charge in [0.05, 0.1) is 12.0 Å². The Hall–Kier alpha value is -3.07. The number of sulfonamides is 1. The molecule has 3 rings (SSSR count). The van der Waals surface area contributed by atoms with Crippen molar-refractivity contribution in [1.82, 2.24) is 4.72 Å². The van der Waals surface area contributed by atoms with E-state index in [2.05, 4.69) is 15.0 Å². The molecule has 0 radical (unpaired) electrons. The molecule has 0 atom stereocenters. The van der Waals surface area contributed by atoms with Crippen molar-refractivity contribution >= 4 is 27.5 Å². The monoisotopic (exact) mass is 431 g/mol. The van der Waals surface area contributed by atoms with Crippen LogP contribution in [0.4, 0.5) is 5.69 Å². The third kappa shape index (κ3) is 5.96. The van der Waals surface area contributed by atoms with Crippen molar-refractivity contribution in [3.05, 3.63) is 48.5 Å². The molecule has 0 bridgehead atoms. The first kappa shape index (κ1) is 21.6. The van der Waals surface area contributed by atoms with Crippen molar-refractivity contribution in [3.63, 3.8) is 0 Å². The SMILES string of the molecule is COc1ccccc1OCC(=O)Nc1ccc(S(=O)(=O)NC2=NCCCCC2)cc1. The molecule has 2 aromatic rings. The van der Waals surface area contributed by atoms with Gasteiger partial charge in [0.2, 0.25) is 0 Å². The van der Waals surface area contributed by atoms with Crippen LogP contribution in [0.15, 0.2) is 58.4 Å². The molecule has 0 saturated heterocycles. The summed E-state index contributed by atoms with van der Waals surface area (Å²) in [5.74, 6) is 1.12. The van der Waals surface area contributed by atoms with Gasteiger partial charge in [-0.15, -0.1) is 0 Å². The zero-order valence-corrected chi connectivity index (χ0v) is 17.6. The summed E-state index contributed by atoms with van der Waals surface area (Å²) >= 11 is 0. The number of amidine groups is 1. The molecule has 9 heteroatoms. The first-order valence-electron chi connectivity index (χ1n) is 9.70. The Morgan fingerprint density at radius 1 is 1.03 bits per heavy atom. The summed E-state index contributed by atoms with van der Waals surface area (Å²) in [4.78, 5) is 16.5. The Morgan fingerprint density at radius 2 is 1.77 bits per heavy atom. The van der Waals surface area contributed by atoms with Crippen molar-refractivity contribution in [2.75, 3.05) is 25.6 Å². The fourth-order valence-corrected chi connectivity index (χ4v) is 4.06. The summed E-state index contributed by atoms with van der Waals surface area (Å²) in [7, 11) is -2.18. The van der Waals surface area contributed by atoms with Gasteiger partial charge in [0, 0.05) is 18.7 Å². The standard InChI is InChI=1S/C21H25N3O5S/c1-28-18-7-4-5-8-19(18)29-15-21(25)23-16-10-12-17(13-11-16)30(26,27)24-20-9-3-2-6-14-22-20/h4-5,7-8,10-13H,2-3,6,9,14-15H2,1H3,(H,22,24)(H,23,25). The molecule has 0 saturated carbocycles. The topological polar surface area (TPSA) is 106 Å². The highest BCUT2D eigenvalue weighted by molar-refractivity contribution is 7.90. The first-order valence-corrected chi connectivity index (χ1v) is 11.2. The molecule has 8 nitrogen and oxygen atoms in total. The van der Waals surface area contributed by atoms with E-state index in [1.54, 1.807) is 24.3 Å². The number of hydrogen-bond donors (Lipinski definition) is 2. The highest BCUT2D eigenvalue weighted by atomic mass is 32.2. The molecule has 0 spiro atoms. The maximum atomic E-state index is 12.6. The molecule has 0 unspecified atom stereocenters. The lowest BCUT2D eigenvalue weighted by Gasteiger charge is -2.12. The van der Waals surface area contributed by atoms with Crippen molar-refractivity contribution in [3.8, 4) is 11.5 Å². The van der Waals surface area contributed by atoms with Crippen molar-refractivity contribution in [1.29, 1.82) is 0 Å². The lowest BCUT2D eigenvalue weighted by molar-refractivity contribution is -0.118. The van der Waals surface area contributed by atoms with Crippen LogP contribution in [0, 0.1) is 0 Å². The summed E-state index contributed by atoms with van der Waals surface area (Å²) in [6.45, 7) is 0.432. The van der Waals surface area contributed by atoms with Gasteiger partial charge in [-0.2, -0.15) is 0 Å². The molecular weight excluding hydrogens is 406 g/mol. The van der Waals surface area contributed by atoms with Crippen LogP contribution in [-0.4, -0.2) is 40.4 Å². The predicted octanol–water partition coefficient (Wildman–Crippen LogP) is 2.96. The van der Waals surface area contributed by atoms with E-state index in [0.717, 1.165) is 19.3 Å². The average Bonchev–Trinajstić information content (AvgIpc) is 3.01. The van der Waals surface area contributed by atoms with E-state index in [1.165, 1.54) is 31.4 Å². The molecule has 2 N–H and O–H groups in total. The molecule has 0 aromatic heterocycles. The van der Waals surface area contributed by atoms with Crippen LogP contribution in [0.1, 0.15) is 25.7 Å². The van der Waals surface area contributed by atoms with Gasteiger partial charge in [-0.3, -0.25) is 14.5 Å². The van der Waals surface area contributed by atoms with Gasteiger partial charge in [-0.05, 0) is 49.2 Å². The maximum Gasteiger partial charge on any atom is 0.262 e. The van der Waals surface area contributed by atoms with Crippen molar-refractivity contribution in [2.45, 2.75) is 30.6 Å². The molecular formula is C21H25N3O5S. The molecule has 1 amide bonds. The second-order valence-corrected chi connectivity index (χ2v) is 8.44. The third-order valence-electron chi connectivity index (χ3n) is 4.50. The zero-order chi connectivity index (χ0) is 21.4. The highest BCUT2D eigenvalue weighted by Crippen LogP contribution is 2.25. The number of nitrogens with one attached hydrogen (secondary N) is 2. The van der Waals surface area contributed by atoms with Gasteiger partial charge in [0.15, 0.2) is 18.1 Å². The summed E-state index contributed by atoms with van der Waals surface area (Å²) in [5.41, 5.74) is 0.467. The fourth-order valence-electron chi connectivity index (χ4n) is 2.97. The highest BCUT2D eigenvalue weighted by Gasteiger charge is 2.17. The summed E-state index contributed by atoms with van der Waals surface area (Å²) in [6, 6.07) is 13.0. The first-order chi connectivity index (χ1) is 14.5. The number of methoxy groups -OCH3 is 1. The largest absolute Gasteiger partial charge is 0.493 e. The molecule has 30 heavy (non-hydrogen) atoms. The van der Waals surface area contributed by atoms with E-state index < -0.39 is 10.0 Å². The number of anilines is 1. The number of ether oxygens (including phenoxy) is 2. The normalized spacial score (nSPS) is 14.2.